The van der Waals surface area contributed by atoms with Gasteiger partial charge in [-0.15, -0.1) is 0 Å². The van der Waals surface area contributed by atoms with Gasteiger partial charge in [0.15, 0.2) is 0 Å². The third-order valence-electron chi connectivity index (χ3n) is 3.46. The number of carbonyl (C=O) groups is 2. The van der Waals surface area contributed by atoms with E-state index in [2.05, 4.69) is 20.8 Å². The summed E-state index contributed by atoms with van der Waals surface area (Å²) < 4.78 is 5.35. The van der Waals surface area contributed by atoms with Crippen molar-refractivity contribution in [1.29, 1.82) is 0 Å². The number of aromatic nitrogens is 2. The summed E-state index contributed by atoms with van der Waals surface area (Å²) in [7, 11) is 0. The van der Waals surface area contributed by atoms with Crippen LogP contribution in [-0.2, 0) is 20.9 Å². The predicted octanol–water partition coefficient (Wildman–Crippen LogP) is 0.471. The molecule has 0 saturated carbocycles. The molecule has 2 rings (SSSR count). The van der Waals surface area contributed by atoms with Crippen molar-refractivity contribution in [3.63, 3.8) is 0 Å². The van der Waals surface area contributed by atoms with Crippen molar-refractivity contribution in [2.75, 3.05) is 13.2 Å². The number of ether oxygens (including phenoxy) is 1. The van der Waals surface area contributed by atoms with E-state index in [0.29, 0.717) is 36.0 Å². The maximum atomic E-state index is 11.8. The first-order valence-corrected chi connectivity index (χ1v) is 8.13. The summed E-state index contributed by atoms with van der Waals surface area (Å²) in [4.78, 5) is 35.3. The highest BCUT2D eigenvalue weighted by molar-refractivity contribution is 6.35. The van der Waals surface area contributed by atoms with E-state index >= 15 is 0 Å². The Hall–Kier alpha value is -2.74. The number of rotatable bonds is 7. The zero-order valence-corrected chi connectivity index (χ0v) is 14.3. The summed E-state index contributed by atoms with van der Waals surface area (Å²) in [5, 5.41) is 12.5. The van der Waals surface area contributed by atoms with E-state index in [0.717, 1.165) is 0 Å². The zero-order valence-electron chi connectivity index (χ0n) is 14.3. The number of nitrogens with one attached hydrogen (secondary N) is 3. The van der Waals surface area contributed by atoms with Gasteiger partial charge in [-0.25, -0.2) is 5.10 Å². The average molecular weight is 346 g/mol. The smallest absolute Gasteiger partial charge is 0.309 e. The minimum Gasteiger partial charge on any atom is -0.379 e. The Labute approximate surface area is 145 Å². The topological polar surface area (TPSA) is 113 Å². The number of hydrogen-bond acceptors (Lipinski definition) is 5. The van der Waals surface area contributed by atoms with E-state index in [9.17, 15) is 14.4 Å². The molecule has 0 aliphatic heterocycles. The second-order valence-electron chi connectivity index (χ2n) is 5.76. The van der Waals surface area contributed by atoms with E-state index in [1.54, 1.807) is 24.3 Å². The summed E-state index contributed by atoms with van der Waals surface area (Å²) in [5.41, 5.74) is 0.189. The molecule has 3 N–H and O–H groups in total. The van der Waals surface area contributed by atoms with Gasteiger partial charge in [0.05, 0.1) is 23.7 Å². The SMILES string of the molecule is CC(C)OCCCNC(=O)C(=O)NCc1n[nH]c(=O)c2ccccc12. The molecule has 1 aromatic heterocycles. The highest BCUT2D eigenvalue weighted by Crippen LogP contribution is 2.11. The Morgan fingerprint density at radius 3 is 2.56 bits per heavy atom. The van der Waals surface area contributed by atoms with E-state index in [1.807, 2.05) is 13.8 Å². The molecule has 0 unspecified atom stereocenters. The van der Waals surface area contributed by atoms with Crippen molar-refractivity contribution >= 4 is 22.6 Å². The normalized spacial score (nSPS) is 10.8. The molecule has 2 amide bonds. The highest BCUT2D eigenvalue weighted by atomic mass is 16.5. The van der Waals surface area contributed by atoms with Crippen LogP contribution in [0.3, 0.4) is 0 Å². The van der Waals surface area contributed by atoms with Crippen LogP contribution in [0.4, 0.5) is 0 Å². The maximum absolute atomic E-state index is 11.8. The molecule has 25 heavy (non-hydrogen) atoms. The average Bonchev–Trinajstić information content (AvgIpc) is 2.60. The van der Waals surface area contributed by atoms with Crippen LogP contribution in [0.25, 0.3) is 10.8 Å². The molecule has 1 aromatic carbocycles. The van der Waals surface area contributed by atoms with Crippen LogP contribution in [0, 0.1) is 0 Å². The van der Waals surface area contributed by atoms with Gasteiger partial charge in [0.25, 0.3) is 5.56 Å². The summed E-state index contributed by atoms with van der Waals surface area (Å²) >= 11 is 0. The number of hydrogen-bond donors (Lipinski definition) is 3. The van der Waals surface area contributed by atoms with Crippen molar-refractivity contribution in [1.82, 2.24) is 20.8 Å². The van der Waals surface area contributed by atoms with Crippen LogP contribution in [0.2, 0.25) is 0 Å². The van der Waals surface area contributed by atoms with Crippen LogP contribution < -0.4 is 16.2 Å². The van der Waals surface area contributed by atoms with Gasteiger partial charge in [0.2, 0.25) is 0 Å². The lowest BCUT2D eigenvalue weighted by atomic mass is 10.1. The first-order valence-electron chi connectivity index (χ1n) is 8.13. The van der Waals surface area contributed by atoms with E-state index in [-0.39, 0.29) is 18.2 Å². The molecule has 0 radical (unpaired) electrons. The summed E-state index contributed by atoms with van der Waals surface area (Å²) in [5.74, 6) is -1.46. The molecule has 1 heterocycles. The quantitative estimate of drug-likeness (QED) is 0.498. The van der Waals surface area contributed by atoms with Crippen molar-refractivity contribution in [3.05, 3.63) is 40.3 Å². The Kier molecular flexibility index (Phi) is 6.64. The van der Waals surface area contributed by atoms with Gasteiger partial charge in [-0.3, -0.25) is 14.4 Å². The Morgan fingerprint density at radius 2 is 1.84 bits per heavy atom. The van der Waals surface area contributed by atoms with Crippen molar-refractivity contribution < 1.29 is 14.3 Å². The first-order chi connectivity index (χ1) is 12.0. The van der Waals surface area contributed by atoms with Gasteiger partial charge in [0, 0.05) is 18.5 Å². The van der Waals surface area contributed by atoms with Crippen molar-refractivity contribution in [2.45, 2.75) is 32.9 Å². The van der Waals surface area contributed by atoms with Crippen LogP contribution in [-0.4, -0.2) is 41.3 Å². The Morgan fingerprint density at radius 1 is 1.16 bits per heavy atom. The number of H-pyrrole nitrogens is 1. The largest absolute Gasteiger partial charge is 0.379 e. The molecule has 0 bridgehead atoms. The standard InChI is InChI=1S/C17H22N4O4/c1-11(2)25-9-5-8-18-16(23)17(24)19-10-14-12-6-3-4-7-13(12)15(22)21-20-14/h3-4,6-7,11H,5,8-10H2,1-2H3,(H,18,23)(H,19,24)(H,21,22). The number of fused-ring (bicyclic) bond motifs is 1. The molecular formula is C17H22N4O4. The van der Waals surface area contributed by atoms with Gasteiger partial charge >= 0.3 is 11.8 Å². The molecule has 8 nitrogen and oxygen atoms in total. The number of benzene rings is 1. The highest BCUT2D eigenvalue weighted by Gasteiger charge is 2.14. The Balaban J connectivity index is 1.85. The number of amides is 2. The van der Waals surface area contributed by atoms with Gasteiger partial charge in [0.1, 0.15) is 0 Å². The summed E-state index contributed by atoms with van der Waals surface area (Å²) in [6.45, 7) is 4.78. The predicted molar refractivity (Wildman–Crippen MR) is 92.9 cm³/mol. The van der Waals surface area contributed by atoms with Crippen LogP contribution in [0.15, 0.2) is 29.1 Å². The zero-order chi connectivity index (χ0) is 18.2. The van der Waals surface area contributed by atoms with Crippen LogP contribution >= 0.6 is 0 Å². The van der Waals surface area contributed by atoms with Crippen molar-refractivity contribution in [3.8, 4) is 0 Å². The molecule has 0 fully saturated rings. The summed E-state index contributed by atoms with van der Waals surface area (Å²) in [6.07, 6.45) is 0.766. The van der Waals surface area contributed by atoms with Gasteiger partial charge in [-0.05, 0) is 26.3 Å². The van der Waals surface area contributed by atoms with E-state index in [1.165, 1.54) is 0 Å². The van der Waals surface area contributed by atoms with Crippen molar-refractivity contribution in [2.24, 2.45) is 0 Å². The second-order valence-corrected chi connectivity index (χ2v) is 5.76. The summed E-state index contributed by atoms with van der Waals surface area (Å²) in [6, 6.07) is 6.94. The maximum Gasteiger partial charge on any atom is 0.309 e. The number of nitrogens with zero attached hydrogens (tertiary/aromatic N) is 1. The molecule has 0 atom stereocenters. The molecule has 0 spiro atoms. The lowest BCUT2D eigenvalue weighted by Gasteiger charge is -2.09. The molecule has 0 saturated heterocycles. The second kappa shape index (κ2) is 8.93. The van der Waals surface area contributed by atoms with Crippen LogP contribution in [0.1, 0.15) is 26.0 Å². The molecule has 134 valence electrons. The van der Waals surface area contributed by atoms with Crippen LogP contribution in [0.5, 0.6) is 0 Å². The third kappa shape index (κ3) is 5.39. The lowest BCUT2D eigenvalue weighted by Crippen LogP contribution is -2.40. The number of aromatic amines is 1. The number of carbonyl (C=O) groups excluding carboxylic acids is 2. The Bertz CT molecular complexity index is 801. The van der Waals surface area contributed by atoms with Gasteiger partial charge in [-0.2, -0.15) is 5.10 Å². The monoisotopic (exact) mass is 346 g/mol. The first kappa shape index (κ1) is 18.6. The fraction of sp³-hybridized carbons (Fsp3) is 0.412. The third-order valence-corrected chi connectivity index (χ3v) is 3.46. The van der Waals surface area contributed by atoms with Gasteiger partial charge in [-0.1, -0.05) is 18.2 Å². The molecule has 0 aliphatic carbocycles. The molecule has 0 aliphatic rings. The lowest BCUT2D eigenvalue weighted by molar-refractivity contribution is -0.139. The van der Waals surface area contributed by atoms with E-state index in [4.69, 9.17) is 4.74 Å². The molecule has 2 aromatic rings. The fourth-order valence-corrected chi connectivity index (χ4v) is 2.22. The van der Waals surface area contributed by atoms with Gasteiger partial charge < -0.3 is 15.4 Å². The minimum absolute atomic E-state index is 0.0417. The molecular weight excluding hydrogens is 324 g/mol. The van der Waals surface area contributed by atoms with E-state index < -0.39 is 11.8 Å². The fourth-order valence-electron chi connectivity index (χ4n) is 2.22. The minimum atomic E-state index is -0.748. The molecule has 8 heteroatoms.